The molecule has 0 nitrogen and oxygen atoms in total. The molecule has 0 saturated carbocycles. The van der Waals surface area contributed by atoms with E-state index in [2.05, 4.69) is 0 Å². The second kappa shape index (κ2) is 24.1. The molecular formula is H9AlCaMoPbSn. The van der Waals surface area contributed by atoms with Crippen LogP contribution in [0, 0.1) is 0 Å². The molecule has 0 aromatic carbocycles. The Bertz CT molecular complexity index is 11.6. The SMILES string of the molecule is [AlH3].[CaH2].[Mo].[PbH2].[SnH2]. The van der Waals surface area contributed by atoms with Gasteiger partial charge in [-0.1, -0.05) is 0 Å². The monoisotopic (exact) mass is 502 g/mol. The van der Waals surface area contributed by atoms with Crippen LogP contribution in [-0.2, 0) is 21.1 Å². The summed E-state index contributed by atoms with van der Waals surface area (Å²) in [6, 6.07) is 0. The van der Waals surface area contributed by atoms with Crippen molar-refractivity contribution in [2.24, 2.45) is 0 Å². The molecule has 28 valence electrons. The zero-order valence-corrected chi connectivity index (χ0v) is 13.4. The van der Waals surface area contributed by atoms with Crippen molar-refractivity contribution in [3.8, 4) is 0 Å². The van der Waals surface area contributed by atoms with Crippen LogP contribution < -0.4 is 0 Å². The van der Waals surface area contributed by atoms with Crippen LogP contribution in [0.15, 0.2) is 0 Å². The van der Waals surface area contributed by atoms with Gasteiger partial charge in [0.25, 0.3) is 0 Å². The van der Waals surface area contributed by atoms with E-state index in [1.54, 1.807) is 0 Å². The second-order valence-electron chi connectivity index (χ2n) is 0. The van der Waals surface area contributed by atoms with Crippen molar-refractivity contribution in [2.75, 3.05) is 0 Å². The Morgan fingerprint density at radius 3 is 1.00 bits per heavy atom. The summed E-state index contributed by atoms with van der Waals surface area (Å²) >= 11 is 0. The van der Waals surface area contributed by atoms with Crippen molar-refractivity contribution >= 4 is 106 Å². The predicted molar refractivity (Wildman–Crippen MR) is 35.6 cm³/mol. The Morgan fingerprint density at radius 1 is 1.00 bits per heavy atom. The molecule has 0 aromatic heterocycles. The van der Waals surface area contributed by atoms with Crippen molar-refractivity contribution in [3.05, 3.63) is 0 Å². The molecule has 0 amide bonds. The normalized spacial score (nSPS) is 0. The molecule has 0 fully saturated rings. The van der Waals surface area contributed by atoms with Crippen LogP contribution in [-0.4, -0.2) is 106 Å². The van der Waals surface area contributed by atoms with E-state index in [-0.39, 0.29) is 127 Å². The summed E-state index contributed by atoms with van der Waals surface area (Å²) in [4.78, 5) is 0. The molecule has 4 radical (unpaired) electrons. The zero-order valence-electron chi connectivity index (χ0n) is 1.82. The first-order chi connectivity index (χ1) is 0. The van der Waals surface area contributed by atoms with Crippen molar-refractivity contribution in [3.63, 3.8) is 0 Å². The van der Waals surface area contributed by atoms with Gasteiger partial charge in [-0.05, 0) is 0 Å². The van der Waals surface area contributed by atoms with Crippen molar-refractivity contribution in [2.45, 2.75) is 0 Å². The minimum absolute atomic E-state index is 0. The number of hydrogen-bond donors (Lipinski definition) is 0. The van der Waals surface area contributed by atoms with Crippen LogP contribution >= 0.6 is 0 Å². The molecule has 0 aliphatic rings. The van der Waals surface area contributed by atoms with Gasteiger partial charge >= 0.3 is 88.9 Å². The molecule has 0 unspecified atom stereocenters. The van der Waals surface area contributed by atoms with E-state index in [4.69, 9.17) is 0 Å². The summed E-state index contributed by atoms with van der Waals surface area (Å²) < 4.78 is 0. The predicted octanol–water partition coefficient (Wildman–Crippen LogP) is -3.94. The Kier molecular flexibility index (Phi) is 169. The van der Waals surface area contributed by atoms with Gasteiger partial charge in [-0.2, -0.15) is 0 Å². The molecule has 0 rings (SSSR count). The first-order valence-corrected chi connectivity index (χ1v) is 0. The molecule has 0 spiro atoms. The first-order valence-electron chi connectivity index (χ1n) is 0. The maximum absolute atomic E-state index is 0. The average molecular weight is 498 g/mol. The van der Waals surface area contributed by atoms with Crippen LogP contribution in [0.25, 0.3) is 0 Å². The topological polar surface area (TPSA) is 0 Å². The molecule has 5 heavy (non-hydrogen) atoms. The van der Waals surface area contributed by atoms with Crippen molar-refractivity contribution in [1.82, 2.24) is 0 Å². The van der Waals surface area contributed by atoms with Crippen LogP contribution in [0.2, 0.25) is 0 Å². The second-order valence-corrected chi connectivity index (χ2v) is 0. The van der Waals surface area contributed by atoms with E-state index < -0.39 is 0 Å². The van der Waals surface area contributed by atoms with Gasteiger partial charge in [0.1, 0.15) is 0 Å². The molecule has 0 aliphatic heterocycles. The number of hydrogen-bond acceptors (Lipinski definition) is 0. The Labute approximate surface area is 124 Å². The van der Waals surface area contributed by atoms with Gasteiger partial charge in [-0.3, -0.25) is 0 Å². The first kappa shape index (κ1) is 35.1. The third-order valence-electron chi connectivity index (χ3n) is 0. The zero-order chi connectivity index (χ0) is 0. The molecular weight excluding hydrogens is 489 g/mol. The molecule has 0 heterocycles. The van der Waals surface area contributed by atoms with E-state index >= 15 is 0 Å². The summed E-state index contributed by atoms with van der Waals surface area (Å²) in [5, 5.41) is 0. The van der Waals surface area contributed by atoms with Crippen LogP contribution in [0.4, 0.5) is 0 Å². The van der Waals surface area contributed by atoms with Gasteiger partial charge in [-0.25, -0.2) is 0 Å². The molecule has 0 aliphatic carbocycles. The molecule has 0 aromatic rings. The van der Waals surface area contributed by atoms with Gasteiger partial charge in [0.05, 0.1) is 0 Å². The summed E-state index contributed by atoms with van der Waals surface area (Å²) in [6.07, 6.45) is 0. The van der Waals surface area contributed by atoms with E-state index in [1.807, 2.05) is 0 Å². The fourth-order valence-corrected chi connectivity index (χ4v) is 0. The Balaban J connectivity index is 0. The van der Waals surface area contributed by atoms with Crippen molar-refractivity contribution < 1.29 is 21.1 Å². The third kappa shape index (κ3) is 17.9. The third-order valence-corrected chi connectivity index (χ3v) is 0. The molecule has 0 bridgehead atoms. The van der Waals surface area contributed by atoms with Gasteiger partial charge in [0.2, 0.25) is 0 Å². The average Bonchev–Trinajstić information content (AvgIpc) is 0. The fraction of sp³-hybridized carbons (Fsp3) is 0. The summed E-state index contributed by atoms with van der Waals surface area (Å²) in [7, 11) is 0. The van der Waals surface area contributed by atoms with E-state index in [0.717, 1.165) is 0 Å². The van der Waals surface area contributed by atoms with Crippen molar-refractivity contribution in [1.29, 1.82) is 0 Å². The van der Waals surface area contributed by atoms with Gasteiger partial charge < -0.3 is 0 Å². The standard InChI is InChI=1S/Al.Ca.Mo.Pb.Sn.9H. The Hall–Kier alpha value is 4.20. The van der Waals surface area contributed by atoms with Gasteiger partial charge in [0, 0.05) is 21.1 Å². The summed E-state index contributed by atoms with van der Waals surface area (Å²) in [6.45, 7) is 0. The van der Waals surface area contributed by atoms with E-state index in [1.165, 1.54) is 0 Å². The summed E-state index contributed by atoms with van der Waals surface area (Å²) in [5.41, 5.74) is 0. The molecule has 0 atom stereocenters. The fourth-order valence-electron chi connectivity index (χ4n) is 0. The van der Waals surface area contributed by atoms with Crippen LogP contribution in [0.3, 0.4) is 0 Å². The minimum atomic E-state index is 0. The molecule has 0 N–H and O–H groups in total. The van der Waals surface area contributed by atoms with Crippen LogP contribution in [0.5, 0.6) is 0 Å². The quantitative estimate of drug-likeness (QED) is 0.300. The summed E-state index contributed by atoms with van der Waals surface area (Å²) in [5.74, 6) is 0. The van der Waals surface area contributed by atoms with E-state index in [0.29, 0.717) is 0 Å². The molecule has 0 saturated heterocycles. The van der Waals surface area contributed by atoms with Gasteiger partial charge in [0.15, 0.2) is 17.4 Å². The maximum atomic E-state index is 0. The molecule has 5 heteroatoms. The Morgan fingerprint density at radius 2 is 1.00 bits per heavy atom. The number of rotatable bonds is 0. The van der Waals surface area contributed by atoms with Crippen LogP contribution in [0.1, 0.15) is 0 Å². The van der Waals surface area contributed by atoms with E-state index in [9.17, 15) is 0 Å². The van der Waals surface area contributed by atoms with Gasteiger partial charge in [-0.15, -0.1) is 0 Å².